The number of aromatic nitrogens is 2. The van der Waals surface area contributed by atoms with Gasteiger partial charge in [-0.25, -0.2) is 0 Å². The number of hydrogen-bond donors (Lipinski definition) is 0. The summed E-state index contributed by atoms with van der Waals surface area (Å²) in [6.07, 6.45) is -0.335. The van der Waals surface area contributed by atoms with E-state index in [1.807, 2.05) is 6.07 Å². The Labute approximate surface area is 158 Å². The molecule has 0 unspecified atom stereocenters. The molecule has 0 N–H and O–H groups in total. The topological polar surface area (TPSA) is 59.2 Å². The first-order valence-electron chi connectivity index (χ1n) is 8.73. The molecule has 5 nitrogen and oxygen atoms in total. The molecule has 0 spiro atoms. The average molecular weight is 387 g/mol. The van der Waals surface area contributed by atoms with Crippen molar-refractivity contribution in [3.8, 4) is 11.3 Å². The van der Waals surface area contributed by atoms with Gasteiger partial charge in [0.25, 0.3) is 0 Å². The van der Waals surface area contributed by atoms with Gasteiger partial charge in [0, 0.05) is 36.5 Å². The molecule has 1 aromatic carbocycles. The lowest BCUT2D eigenvalue weighted by Crippen LogP contribution is -2.36. The molecule has 4 rings (SSSR count). The van der Waals surface area contributed by atoms with Crippen LogP contribution in [-0.2, 0) is 30.4 Å². The minimum absolute atomic E-state index is 0.0433. The molecule has 8 heteroatoms. The largest absolute Gasteiger partial charge is 0.416 e. The number of halogens is 3. The van der Waals surface area contributed by atoms with Crippen LogP contribution in [0.3, 0.4) is 0 Å². The Kier molecular flexibility index (Phi) is 4.62. The van der Waals surface area contributed by atoms with Crippen LogP contribution in [0.2, 0.25) is 0 Å². The van der Waals surface area contributed by atoms with Gasteiger partial charge in [-0.05, 0) is 23.8 Å². The normalized spacial score (nSPS) is 14.0. The molecule has 3 aromatic rings. The molecule has 144 valence electrons. The number of hydrogen-bond acceptors (Lipinski definition) is 4. The summed E-state index contributed by atoms with van der Waals surface area (Å²) in [5.41, 5.74) is 1.85. The highest BCUT2D eigenvalue weighted by Gasteiger charge is 2.31. The smallest absolute Gasteiger partial charge is 0.360 e. The van der Waals surface area contributed by atoms with Gasteiger partial charge < -0.3 is 9.42 Å². The van der Waals surface area contributed by atoms with Crippen LogP contribution in [-0.4, -0.2) is 27.5 Å². The summed E-state index contributed by atoms with van der Waals surface area (Å²) >= 11 is 0. The van der Waals surface area contributed by atoms with Gasteiger partial charge in [-0.2, -0.15) is 13.2 Å². The molecule has 0 saturated heterocycles. The lowest BCUT2D eigenvalue weighted by molar-refractivity contribution is -0.137. The highest BCUT2D eigenvalue weighted by atomic mass is 19.4. The maximum absolute atomic E-state index is 12.8. The third-order valence-electron chi connectivity index (χ3n) is 4.74. The van der Waals surface area contributed by atoms with Crippen molar-refractivity contribution in [3.63, 3.8) is 0 Å². The Morgan fingerprint density at radius 3 is 2.64 bits per heavy atom. The molecular formula is C20H16F3N3O2. The Morgan fingerprint density at radius 2 is 1.96 bits per heavy atom. The van der Waals surface area contributed by atoms with Crippen molar-refractivity contribution in [1.82, 2.24) is 15.0 Å². The van der Waals surface area contributed by atoms with E-state index in [1.54, 1.807) is 23.4 Å². The molecule has 1 aliphatic rings. The Balaban J connectivity index is 1.54. The summed E-state index contributed by atoms with van der Waals surface area (Å²) in [5, 5.41) is 4.03. The maximum Gasteiger partial charge on any atom is 0.416 e. The fourth-order valence-electron chi connectivity index (χ4n) is 3.26. The molecule has 0 aliphatic carbocycles. The highest BCUT2D eigenvalue weighted by molar-refractivity contribution is 5.79. The Morgan fingerprint density at radius 1 is 1.18 bits per heavy atom. The van der Waals surface area contributed by atoms with Crippen LogP contribution in [0.1, 0.15) is 22.5 Å². The summed E-state index contributed by atoms with van der Waals surface area (Å²) in [6, 6.07) is 8.40. The minimum Gasteiger partial charge on any atom is -0.360 e. The van der Waals surface area contributed by atoms with Crippen molar-refractivity contribution in [2.24, 2.45) is 0 Å². The van der Waals surface area contributed by atoms with Crippen molar-refractivity contribution in [2.75, 3.05) is 6.54 Å². The number of carbonyl (C=O) groups is 1. The lowest BCUT2D eigenvalue weighted by Gasteiger charge is -2.26. The quantitative estimate of drug-likeness (QED) is 0.684. The average Bonchev–Trinajstić information content (AvgIpc) is 3.11. The molecule has 0 atom stereocenters. The molecule has 0 fully saturated rings. The zero-order chi connectivity index (χ0) is 19.7. The number of alkyl halides is 3. The molecule has 28 heavy (non-hydrogen) atoms. The second-order valence-electron chi connectivity index (χ2n) is 6.61. The van der Waals surface area contributed by atoms with E-state index < -0.39 is 11.7 Å². The second kappa shape index (κ2) is 7.10. The zero-order valence-corrected chi connectivity index (χ0v) is 14.7. The molecule has 0 saturated carbocycles. The van der Waals surface area contributed by atoms with Crippen molar-refractivity contribution in [1.29, 1.82) is 0 Å². The van der Waals surface area contributed by atoms with E-state index in [4.69, 9.17) is 4.52 Å². The van der Waals surface area contributed by atoms with Gasteiger partial charge in [-0.3, -0.25) is 9.78 Å². The number of pyridine rings is 1. The standard InChI is InChI=1S/C20H16F3N3O2/c21-20(22,23)15-5-3-14(4-6-15)19-16-12-26(9-7-17(16)28-25-19)18(27)10-13-2-1-8-24-11-13/h1-6,8,11H,7,9-10,12H2. The molecular weight excluding hydrogens is 371 g/mol. The van der Waals surface area contributed by atoms with E-state index in [1.165, 1.54) is 12.1 Å². The van der Waals surface area contributed by atoms with E-state index in [-0.39, 0.29) is 12.3 Å². The molecule has 0 radical (unpaired) electrons. The number of fused-ring (bicyclic) bond motifs is 1. The Bertz CT molecular complexity index is 982. The van der Waals surface area contributed by atoms with Gasteiger partial charge in [-0.15, -0.1) is 0 Å². The first-order valence-corrected chi connectivity index (χ1v) is 8.73. The van der Waals surface area contributed by atoms with E-state index >= 15 is 0 Å². The second-order valence-corrected chi connectivity index (χ2v) is 6.61. The minimum atomic E-state index is -4.39. The molecule has 1 aliphatic heterocycles. The Hall–Kier alpha value is -3.16. The maximum atomic E-state index is 12.8. The molecule has 0 bridgehead atoms. The summed E-state index contributed by atoms with van der Waals surface area (Å²) in [5.74, 6) is 0.624. The van der Waals surface area contributed by atoms with E-state index in [0.717, 1.165) is 23.3 Å². The number of nitrogens with zero attached hydrogens (tertiary/aromatic N) is 3. The third-order valence-corrected chi connectivity index (χ3v) is 4.74. The molecule has 2 aromatic heterocycles. The first-order chi connectivity index (χ1) is 13.4. The van der Waals surface area contributed by atoms with Crippen LogP contribution >= 0.6 is 0 Å². The summed E-state index contributed by atoms with van der Waals surface area (Å²) in [4.78, 5) is 18.3. The van der Waals surface area contributed by atoms with Crippen LogP contribution < -0.4 is 0 Å². The van der Waals surface area contributed by atoms with Crippen molar-refractivity contribution < 1.29 is 22.5 Å². The van der Waals surface area contributed by atoms with Crippen LogP contribution in [0, 0.1) is 0 Å². The van der Waals surface area contributed by atoms with Gasteiger partial charge >= 0.3 is 6.18 Å². The third kappa shape index (κ3) is 3.62. The van der Waals surface area contributed by atoms with Gasteiger partial charge in [0.15, 0.2) is 0 Å². The predicted molar refractivity (Wildman–Crippen MR) is 94.0 cm³/mol. The van der Waals surface area contributed by atoms with E-state index in [0.29, 0.717) is 36.5 Å². The first kappa shape index (κ1) is 18.2. The SMILES string of the molecule is O=C(Cc1cccnc1)N1CCc2onc(-c3ccc(C(F)(F)F)cc3)c2C1. The fraction of sp³-hybridized carbons (Fsp3) is 0.250. The van der Waals surface area contributed by atoms with Crippen LogP contribution in [0.15, 0.2) is 53.3 Å². The van der Waals surface area contributed by atoms with Gasteiger partial charge in [0.05, 0.1) is 18.5 Å². The van der Waals surface area contributed by atoms with Crippen molar-refractivity contribution in [2.45, 2.75) is 25.6 Å². The van der Waals surface area contributed by atoms with Gasteiger partial charge in [0.1, 0.15) is 11.5 Å². The van der Waals surface area contributed by atoms with Crippen LogP contribution in [0.4, 0.5) is 13.2 Å². The summed E-state index contributed by atoms with van der Waals surface area (Å²) in [7, 11) is 0. The zero-order valence-electron chi connectivity index (χ0n) is 14.7. The number of amides is 1. The lowest BCUT2D eigenvalue weighted by atomic mass is 10.00. The fourth-order valence-corrected chi connectivity index (χ4v) is 3.26. The number of benzene rings is 1. The highest BCUT2D eigenvalue weighted by Crippen LogP contribution is 2.33. The predicted octanol–water partition coefficient (Wildman–Crippen LogP) is 3.88. The van der Waals surface area contributed by atoms with E-state index in [2.05, 4.69) is 10.1 Å². The van der Waals surface area contributed by atoms with Gasteiger partial charge in [-0.1, -0.05) is 23.4 Å². The van der Waals surface area contributed by atoms with Crippen LogP contribution in [0.25, 0.3) is 11.3 Å². The van der Waals surface area contributed by atoms with Crippen molar-refractivity contribution >= 4 is 5.91 Å². The number of carbonyl (C=O) groups excluding carboxylic acids is 1. The molecule has 1 amide bonds. The summed E-state index contributed by atoms with van der Waals surface area (Å²) < 4.78 is 43.7. The summed E-state index contributed by atoms with van der Waals surface area (Å²) in [6.45, 7) is 0.821. The van der Waals surface area contributed by atoms with Gasteiger partial charge in [0.2, 0.25) is 5.91 Å². The van der Waals surface area contributed by atoms with Crippen molar-refractivity contribution in [3.05, 3.63) is 71.2 Å². The van der Waals surface area contributed by atoms with E-state index in [9.17, 15) is 18.0 Å². The van der Waals surface area contributed by atoms with Crippen LogP contribution in [0.5, 0.6) is 0 Å². The molecule has 3 heterocycles. The monoisotopic (exact) mass is 387 g/mol. The number of rotatable bonds is 3.